The Hall–Kier alpha value is -2.37. The molecule has 0 saturated carbocycles. The van der Waals surface area contributed by atoms with Crippen LogP contribution in [-0.2, 0) is 16.1 Å². The Morgan fingerprint density at radius 1 is 1.35 bits per heavy atom. The maximum absolute atomic E-state index is 11.6. The van der Waals surface area contributed by atoms with Gasteiger partial charge in [-0.25, -0.2) is 9.79 Å². The third-order valence-electron chi connectivity index (χ3n) is 2.33. The lowest BCUT2D eigenvalue weighted by Crippen LogP contribution is -2.38. The molecule has 0 aliphatic carbocycles. The number of carbonyl (C=O) groups is 2. The number of rotatable bonds is 5. The number of ether oxygens (including phenoxy) is 1. The van der Waals surface area contributed by atoms with Crippen LogP contribution < -0.4 is 5.32 Å². The molecular formula is C14H19N3O3. The Kier molecular flexibility index (Phi) is 6.22. The van der Waals surface area contributed by atoms with Crippen molar-refractivity contribution in [3.63, 3.8) is 0 Å². The largest absolute Gasteiger partial charge is 0.445 e. The highest BCUT2D eigenvalue weighted by molar-refractivity contribution is 5.90. The average Bonchev–Trinajstić information content (AvgIpc) is 2.43. The third kappa shape index (κ3) is 5.99. The number of alkyl carbamates (subject to hydrolysis) is 1. The van der Waals surface area contributed by atoms with E-state index >= 15 is 0 Å². The van der Waals surface area contributed by atoms with Crippen molar-refractivity contribution in [1.82, 2.24) is 10.2 Å². The molecule has 20 heavy (non-hydrogen) atoms. The second-order valence-electron chi connectivity index (χ2n) is 4.47. The minimum absolute atomic E-state index is 0.161. The van der Waals surface area contributed by atoms with Gasteiger partial charge in [0.05, 0.1) is 6.34 Å². The molecule has 1 rings (SSSR count). The predicted molar refractivity (Wildman–Crippen MR) is 76.4 cm³/mol. The summed E-state index contributed by atoms with van der Waals surface area (Å²) in [5.74, 6) is -0.435. The Morgan fingerprint density at radius 3 is 2.60 bits per heavy atom. The molecule has 0 aliphatic rings. The zero-order valence-corrected chi connectivity index (χ0v) is 11.9. The molecule has 6 nitrogen and oxygen atoms in total. The third-order valence-corrected chi connectivity index (χ3v) is 2.33. The average molecular weight is 277 g/mol. The molecule has 0 fully saturated rings. The van der Waals surface area contributed by atoms with Gasteiger partial charge in [0.15, 0.2) is 0 Å². The van der Waals surface area contributed by atoms with Crippen LogP contribution in [0.5, 0.6) is 0 Å². The molecule has 0 radical (unpaired) electrons. The fraction of sp³-hybridized carbons (Fsp3) is 0.357. The van der Waals surface area contributed by atoms with Gasteiger partial charge in [-0.15, -0.1) is 0 Å². The first-order valence-corrected chi connectivity index (χ1v) is 6.20. The first kappa shape index (κ1) is 15.7. The lowest BCUT2D eigenvalue weighted by atomic mass is 10.2. The van der Waals surface area contributed by atoms with Crippen LogP contribution in [0.3, 0.4) is 0 Å². The molecule has 0 aliphatic heterocycles. The number of aliphatic imine (C=N–C) groups is 1. The van der Waals surface area contributed by atoms with Crippen molar-refractivity contribution < 1.29 is 14.3 Å². The molecule has 1 aromatic rings. The van der Waals surface area contributed by atoms with Crippen LogP contribution in [0.2, 0.25) is 0 Å². The van der Waals surface area contributed by atoms with Crippen molar-refractivity contribution in [2.75, 3.05) is 14.1 Å². The van der Waals surface area contributed by atoms with Crippen molar-refractivity contribution in [3.8, 4) is 0 Å². The van der Waals surface area contributed by atoms with Gasteiger partial charge in [0.1, 0.15) is 12.6 Å². The molecule has 0 heterocycles. The maximum atomic E-state index is 11.6. The summed E-state index contributed by atoms with van der Waals surface area (Å²) in [5.41, 5.74) is 0.882. The number of nitrogens with one attached hydrogen (secondary N) is 1. The van der Waals surface area contributed by atoms with Crippen molar-refractivity contribution in [3.05, 3.63) is 35.9 Å². The van der Waals surface area contributed by atoms with E-state index in [4.69, 9.17) is 4.74 Å². The molecule has 1 aromatic carbocycles. The van der Waals surface area contributed by atoms with E-state index in [1.807, 2.05) is 30.3 Å². The summed E-state index contributed by atoms with van der Waals surface area (Å²) in [6.07, 6.45) is 0.741. The number of hydrogen-bond acceptors (Lipinski definition) is 3. The van der Waals surface area contributed by atoms with Gasteiger partial charge >= 0.3 is 6.09 Å². The van der Waals surface area contributed by atoms with E-state index in [0.717, 1.165) is 5.56 Å². The molecule has 0 saturated heterocycles. The van der Waals surface area contributed by atoms with E-state index in [1.165, 1.54) is 6.34 Å². The lowest BCUT2D eigenvalue weighted by molar-refractivity contribution is -0.119. The molecule has 0 spiro atoms. The standard InChI is InChI=1S/C14H19N3O3/c1-11(13(18)15-10-17(2)3)16-14(19)20-9-12-7-5-4-6-8-12/h4-8,10-11H,9H2,1-3H3,(H,16,19)/t11-/m0/s1. The van der Waals surface area contributed by atoms with Crippen LogP contribution in [-0.4, -0.2) is 43.4 Å². The number of nitrogens with zero attached hydrogens (tertiary/aromatic N) is 2. The quantitative estimate of drug-likeness (QED) is 0.652. The lowest BCUT2D eigenvalue weighted by Gasteiger charge is -2.11. The van der Waals surface area contributed by atoms with Gasteiger partial charge in [0, 0.05) is 14.1 Å². The van der Waals surface area contributed by atoms with Crippen LogP contribution in [0.25, 0.3) is 0 Å². The molecule has 0 aromatic heterocycles. The number of carbonyl (C=O) groups excluding carboxylic acids is 2. The van der Waals surface area contributed by atoms with Crippen LogP contribution in [0, 0.1) is 0 Å². The first-order valence-electron chi connectivity index (χ1n) is 6.20. The SMILES string of the molecule is C[C@H](NC(=O)OCc1ccccc1)C(=O)N=CN(C)C. The van der Waals surface area contributed by atoms with Gasteiger partial charge in [-0.3, -0.25) is 4.79 Å². The molecule has 1 N–H and O–H groups in total. The van der Waals surface area contributed by atoms with Gasteiger partial charge < -0.3 is 15.0 Å². The number of hydrogen-bond donors (Lipinski definition) is 1. The Bertz CT molecular complexity index is 472. The summed E-state index contributed by atoms with van der Waals surface area (Å²) >= 11 is 0. The second-order valence-corrected chi connectivity index (χ2v) is 4.47. The van der Waals surface area contributed by atoms with E-state index in [0.29, 0.717) is 0 Å². The van der Waals surface area contributed by atoms with Crippen LogP contribution in [0.15, 0.2) is 35.3 Å². The summed E-state index contributed by atoms with van der Waals surface area (Å²) in [6, 6.07) is 8.58. The highest BCUT2D eigenvalue weighted by Gasteiger charge is 2.15. The molecule has 1 atom stereocenters. The summed E-state index contributed by atoms with van der Waals surface area (Å²) in [4.78, 5) is 28.4. The predicted octanol–water partition coefficient (Wildman–Crippen LogP) is 1.42. The van der Waals surface area contributed by atoms with E-state index < -0.39 is 18.0 Å². The molecular weight excluding hydrogens is 258 g/mol. The van der Waals surface area contributed by atoms with E-state index in [1.54, 1.807) is 25.9 Å². The highest BCUT2D eigenvalue weighted by Crippen LogP contribution is 2.00. The maximum Gasteiger partial charge on any atom is 0.408 e. The second kappa shape index (κ2) is 7.93. The van der Waals surface area contributed by atoms with E-state index in [-0.39, 0.29) is 6.61 Å². The van der Waals surface area contributed by atoms with Crippen molar-refractivity contribution >= 4 is 18.3 Å². The van der Waals surface area contributed by atoms with Gasteiger partial charge in [0.25, 0.3) is 5.91 Å². The van der Waals surface area contributed by atoms with Gasteiger partial charge in [-0.1, -0.05) is 30.3 Å². The zero-order chi connectivity index (χ0) is 15.0. The number of benzene rings is 1. The topological polar surface area (TPSA) is 71.0 Å². The fourth-order valence-electron chi connectivity index (χ4n) is 1.29. The molecule has 0 unspecified atom stereocenters. The van der Waals surface area contributed by atoms with Gasteiger partial charge in [-0.05, 0) is 12.5 Å². The summed E-state index contributed by atoms with van der Waals surface area (Å²) in [6.45, 7) is 1.72. The monoisotopic (exact) mass is 277 g/mol. The molecule has 2 amide bonds. The molecule has 6 heteroatoms. The zero-order valence-electron chi connectivity index (χ0n) is 11.9. The highest BCUT2D eigenvalue weighted by atomic mass is 16.5. The Balaban J connectivity index is 2.36. The van der Waals surface area contributed by atoms with Crippen LogP contribution in [0.4, 0.5) is 4.79 Å². The summed E-state index contributed by atoms with van der Waals surface area (Å²) in [5, 5.41) is 2.43. The van der Waals surface area contributed by atoms with Crippen molar-refractivity contribution in [2.45, 2.75) is 19.6 Å². The van der Waals surface area contributed by atoms with E-state index in [2.05, 4.69) is 10.3 Å². The van der Waals surface area contributed by atoms with Crippen LogP contribution >= 0.6 is 0 Å². The van der Waals surface area contributed by atoms with Crippen molar-refractivity contribution in [1.29, 1.82) is 0 Å². The fourth-order valence-corrected chi connectivity index (χ4v) is 1.29. The summed E-state index contributed by atoms with van der Waals surface area (Å²) < 4.78 is 5.01. The minimum Gasteiger partial charge on any atom is -0.445 e. The van der Waals surface area contributed by atoms with Crippen LogP contribution in [0.1, 0.15) is 12.5 Å². The van der Waals surface area contributed by atoms with E-state index in [9.17, 15) is 9.59 Å². The van der Waals surface area contributed by atoms with Gasteiger partial charge in [0.2, 0.25) is 0 Å². The number of amides is 2. The smallest absolute Gasteiger partial charge is 0.408 e. The normalized spacial score (nSPS) is 11.9. The molecule has 0 bridgehead atoms. The van der Waals surface area contributed by atoms with Crippen molar-refractivity contribution in [2.24, 2.45) is 4.99 Å². The Labute approximate surface area is 118 Å². The molecule has 108 valence electrons. The van der Waals surface area contributed by atoms with Gasteiger partial charge in [-0.2, -0.15) is 0 Å². The minimum atomic E-state index is -0.727. The Morgan fingerprint density at radius 2 is 2.00 bits per heavy atom. The first-order chi connectivity index (χ1) is 9.49. The summed E-state index contributed by atoms with van der Waals surface area (Å²) in [7, 11) is 3.51.